The second-order valence-corrected chi connectivity index (χ2v) is 5.15. The van der Waals surface area contributed by atoms with E-state index >= 15 is 0 Å². The van der Waals surface area contributed by atoms with E-state index in [9.17, 15) is 13.2 Å². The Labute approximate surface area is 108 Å². The second kappa shape index (κ2) is 5.10. The van der Waals surface area contributed by atoms with Crippen LogP contribution in [0.3, 0.4) is 0 Å². The van der Waals surface area contributed by atoms with Crippen LogP contribution in [0.15, 0.2) is 28.1 Å². The van der Waals surface area contributed by atoms with E-state index in [2.05, 4.69) is 21.2 Å². The SMILES string of the molecule is Fc1cc(F)c(F)c(NCc2sccc2Br)c1. The molecule has 0 saturated carbocycles. The van der Waals surface area contributed by atoms with Crippen molar-refractivity contribution in [1.82, 2.24) is 0 Å². The molecule has 0 spiro atoms. The third kappa shape index (κ3) is 2.81. The van der Waals surface area contributed by atoms with Crippen molar-refractivity contribution in [2.75, 3.05) is 5.32 Å². The van der Waals surface area contributed by atoms with E-state index in [4.69, 9.17) is 0 Å². The smallest absolute Gasteiger partial charge is 0.182 e. The lowest BCUT2D eigenvalue weighted by atomic mass is 10.2. The lowest BCUT2D eigenvalue weighted by molar-refractivity contribution is 0.497. The number of nitrogens with one attached hydrogen (secondary N) is 1. The Hall–Kier alpha value is -1.01. The highest BCUT2D eigenvalue weighted by molar-refractivity contribution is 9.10. The van der Waals surface area contributed by atoms with Gasteiger partial charge >= 0.3 is 0 Å². The first-order valence-electron chi connectivity index (χ1n) is 4.68. The zero-order valence-corrected chi connectivity index (χ0v) is 10.8. The fourth-order valence-electron chi connectivity index (χ4n) is 1.31. The predicted octanol–water partition coefficient (Wildman–Crippen LogP) is 4.54. The molecule has 2 rings (SSSR count). The average Bonchev–Trinajstić information content (AvgIpc) is 2.67. The van der Waals surface area contributed by atoms with Gasteiger partial charge in [0.25, 0.3) is 0 Å². The molecule has 1 heterocycles. The van der Waals surface area contributed by atoms with Crippen molar-refractivity contribution in [3.05, 3.63) is 50.4 Å². The number of thiophene rings is 1. The van der Waals surface area contributed by atoms with E-state index in [1.807, 2.05) is 11.4 Å². The maximum atomic E-state index is 13.3. The molecule has 0 aliphatic heterocycles. The lowest BCUT2D eigenvalue weighted by Crippen LogP contribution is -2.02. The number of hydrogen-bond donors (Lipinski definition) is 1. The summed E-state index contributed by atoms with van der Waals surface area (Å²) in [6, 6.07) is 3.30. The molecule has 0 aliphatic carbocycles. The summed E-state index contributed by atoms with van der Waals surface area (Å²) in [5.74, 6) is -3.08. The van der Waals surface area contributed by atoms with Gasteiger partial charge in [-0.2, -0.15) is 0 Å². The summed E-state index contributed by atoms with van der Waals surface area (Å²) in [5, 5.41) is 4.53. The predicted molar refractivity (Wildman–Crippen MR) is 65.7 cm³/mol. The van der Waals surface area contributed by atoms with Crippen LogP contribution in [0.25, 0.3) is 0 Å². The molecule has 2 aromatic rings. The van der Waals surface area contributed by atoms with Crippen LogP contribution in [0.2, 0.25) is 0 Å². The van der Waals surface area contributed by atoms with Gasteiger partial charge in [0.15, 0.2) is 11.6 Å². The Morgan fingerprint density at radius 1 is 1.24 bits per heavy atom. The molecule has 6 heteroatoms. The van der Waals surface area contributed by atoms with Crippen LogP contribution in [0.1, 0.15) is 4.88 Å². The fourth-order valence-corrected chi connectivity index (χ4v) is 2.74. The van der Waals surface area contributed by atoms with Crippen LogP contribution in [-0.4, -0.2) is 0 Å². The standard InChI is InChI=1S/C11H7BrF3NS/c12-7-1-2-17-10(7)5-16-9-4-6(13)3-8(14)11(9)15/h1-4,16H,5H2. The molecular weight excluding hydrogens is 315 g/mol. The van der Waals surface area contributed by atoms with Gasteiger partial charge in [-0.05, 0) is 27.4 Å². The number of halogens is 4. The molecule has 1 aromatic heterocycles. The first-order chi connectivity index (χ1) is 8.08. The molecule has 0 fully saturated rings. The van der Waals surface area contributed by atoms with Gasteiger partial charge in [-0.15, -0.1) is 11.3 Å². The van der Waals surface area contributed by atoms with Gasteiger partial charge in [0.1, 0.15) is 5.82 Å². The molecule has 1 aromatic carbocycles. The van der Waals surface area contributed by atoms with Gasteiger partial charge < -0.3 is 5.32 Å². The summed E-state index contributed by atoms with van der Waals surface area (Å²) in [6.45, 7) is 0.304. The highest BCUT2D eigenvalue weighted by Gasteiger charge is 2.11. The second-order valence-electron chi connectivity index (χ2n) is 3.29. The van der Waals surface area contributed by atoms with Crippen molar-refractivity contribution < 1.29 is 13.2 Å². The number of rotatable bonds is 3. The Morgan fingerprint density at radius 3 is 2.65 bits per heavy atom. The zero-order valence-electron chi connectivity index (χ0n) is 8.44. The summed E-state index contributed by atoms with van der Waals surface area (Å²) < 4.78 is 40.0. The molecule has 0 unspecified atom stereocenters. The Kier molecular flexibility index (Phi) is 3.73. The van der Waals surface area contributed by atoms with Gasteiger partial charge in [0, 0.05) is 21.5 Å². The molecule has 90 valence electrons. The summed E-state index contributed by atoms with van der Waals surface area (Å²) in [4.78, 5) is 0.925. The molecule has 0 bridgehead atoms. The molecule has 0 radical (unpaired) electrons. The summed E-state index contributed by atoms with van der Waals surface area (Å²) in [6.07, 6.45) is 0. The molecular formula is C11H7BrF3NS. The van der Waals surface area contributed by atoms with Crippen LogP contribution < -0.4 is 5.32 Å². The Morgan fingerprint density at radius 2 is 2.00 bits per heavy atom. The average molecular weight is 322 g/mol. The molecule has 0 atom stereocenters. The van der Waals surface area contributed by atoms with Crippen LogP contribution in [0.4, 0.5) is 18.9 Å². The van der Waals surface area contributed by atoms with Gasteiger partial charge in [-0.3, -0.25) is 0 Å². The fraction of sp³-hybridized carbons (Fsp3) is 0.0909. The minimum Gasteiger partial charge on any atom is -0.378 e. The third-order valence-electron chi connectivity index (χ3n) is 2.12. The molecule has 17 heavy (non-hydrogen) atoms. The maximum absolute atomic E-state index is 13.3. The van der Waals surface area contributed by atoms with Crippen LogP contribution in [0, 0.1) is 17.5 Å². The topological polar surface area (TPSA) is 12.0 Å². The minimum atomic E-state index is -1.20. The minimum absolute atomic E-state index is 0.178. The highest BCUT2D eigenvalue weighted by Crippen LogP contribution is 2.25. The molecule has 1 N–H and O–H groups in total. The first kappa shape index (κ1) is 12.4. The first-order valence-corrected chi connectivity index (χ1v) is 6.35. The van der Waals surface area contributed by atoms with Crippen LogP contribution in [-0.2, 0) is 6.54 Å². The van der Waals surface area contributed by atoms with Crippen LogP contribution in [0.5, 0.6) is 0 Å². The highest BCUT2D eigenvalue weighted by atomic mass is 79.9. The monoisotopic (exact) mass is 321 g/mol. The van der Waals surface area contributed by atoms with Gasteiger partial charge in [-0.1, -0.05) is 0 Å². The van der Waals surface area contributed by atoms with Crippen molar-refractivity contribution in [3.63, 3.8) is 0 Å². The van der Waals surface area contributed by atoms with E-state index in [0.717, 1.165) is 15.4 Å². The van der Waals surface area contributed by atoms with Gasteiger partial charge in [0.05, 0.1) is 12.2 Å². The quantitative estimate of drug-likeness (QED) is 0.818. The lowest BCUT2D eigenvalue weighted by Gasteiger charge is -2.07. The van der Waals surface area contributed by atoms with E-state index in [0.29, 0.717) is 12.6 Å². The van der Waals surface area contributed by atoms with Crippen molar-refractivity contribution in [1.29, 1.82) is 0 Å². The molecule has 1 nitrogen and oxygen atoms in total. The molecule has 0 saturated heterocycles. The maximum Gasteiger partial charge on any atom is 0.182 e. The van der Waals surface area contributed by atoms with E-state index in [-0.39, 0.29) is 5.69 Å². The molecule has 0 aliphatic rings. The van der Waals surface area contributed by atoms with E-state index < -0.39 is 17.5 Å². The van der Waals surface area contributed by atoms with E-state index in [1.54, 1.807) is 0 Å². The number of anilines is 1. The van der Waals surface area contributed by atoms with Gasteiger partial charge in [-0.25, -0.2) is 13.2 Å². The number of hydrogen-bond acceptors (Lipinski definition) is 2. The molecule has 0 amide bonds. The van der Waals surface area contributed by atoms with Crippen molar-refractivity contribution >= 4 is 33.0 Å². The van der Waals surface area contributed by atoms with Crippen molar-refractivity contribution in [2.45, 2.75) is 6.54 Å². The van der Waals surface area contributed by atoms with Crippen LogP contribution >= 0.6 is 27.3 Å². The van der Waals surface area contributed by atoms with Crippen molar-refractivity contribution in [3.8, 4) is 0 Å². The summed E-state index contributed by atoms with van der Waals surface area (Å²) >= 11 is 4.78. The summed E-state index contributed by atoms with van der Waals surface area (Å²) in [7, 11) is 0. The summed E-state index contributed by atoms with van der Waals surface area (Å²) in [5.41, 5.74) is -0.178. The largest absolute Gasteiger partial charge is 0.378 e. The van der Waals surface area contributed by atoms with Gasteiger partial charge in [0.2, 0.25) is 0 Å². The Bertz CT molecular complexity index is 542. The zero-order chi connectivity index (χ0) is 12.4. The van der Waals surface area contributed by atoms with E-state index in [1.165, 1.54) is 11.3 Å². The third-order valence-corrected chi connectivity index (χ3v) is 4.05. The number of benzene rings is 1. The van der Waals surface area contributed by atoms with Crippen molar-refractivity contribution in [2.24, 2.45) is 0 Å². The normalized spacial score (nSPS) is 10.6. The Balaban J connectivity index is 2.17.